The Morgan fingerprint density at radius 1 is 1.32 bits per heavy atom. The van der Waals surface area contributed by atoms with Crippen molar-refractivity contribution in [2.45, 2.75) is 25.7 Å². The van der Waals surface area contributed by atoms with Crippen molar-refractivity contribution in [3.8, 4) is 11.4 Å². The van der Waals surface area contributed by atoms with E-state index < -0.39 is 0 Å². The Labute approximate surface area is 134 Å². The standard InChI is InChI=1S/C13H14Br2ClN3/c1-8(2)7-19-12(6-14)17-18-13(19)9-3-4-11(16)10(15)5-9/h3-5,8H,6-7H2,1-2H3. The van der Waals surface area contributed by atoms with E-state index in [0.29, 0.717) is 16.3 Å². The summed E-state index contributed by atoms with van der Waals surface area (Å²) in [6, 6.07) is 5.80. The molecule has 0 unspecified atom stereocenters. The molecule has 1 aromatic heterocycles. The van der Waals surface area contributed by atoms with Crippen LogP contribution in [0.1, 0.15) is 19.7 Å². The van der Waals surface area contributed by atoms with E-state index in [1.165, 1.54) is 0 Å². The molecule has 6 heteroatoms. The second kappa shape index (κ2) is 6.37. The molecule has 0 aliphatic heterocycles. The summed E-state index contributed by atoms with van der Waals surface area (Å²) in [6.07, 6.45) is 0. The second-order valence-corrected chi connectivity index (χ2v) is 6.53. The van der Waals surface area contributed by atoms with Crippen molar-refractivity contribution in [1.29, 1.82) is 0 Å². The fourth-order valence-electron chi connectivity index (χ4n) is 1.84. The first-order chi connectivity index (χ1) is 9.02. The molecule has 0 bridgehead atoms. The summed E-state index contributed by atoms with van der Waals surface area (Å²) >= 11 is 12.9. The number of hydrogen-bond donors (Lipinski definition) is 0. The predicted molar refractivity (Wildman–Crippen MR) is 85.6 cm³/mol. The normalized spacial score (nSPS) is 11.3. The summed E-state index contributed by atoms with van der Waals surface area (Å²) < 4.78 is 3.01. The van der Waals surface area contributed by atoms with Crippen LogP contribution in [-0.2, 0) is 11.9 Å². The molecular weight excluding hydrogens is 393 g/mol. The van der Waals surface area contributed by atoms with E-state index in [0.717, 1.165) is 28.2 Å². The third-order valence-electron chi connectivity index (χ3n) is 2.67. The molecule has 2 aromatic rings. The molecule has 102 valence electrons. The minimum absolute atomic E-state index is 0.531. The molecule has 1 heterocycles. The maximum Gasteiger partial charge on any atom is 0.164 e. The Morgan fingerprint density at radius 2 is 2.05 bits per heavy atom. The fraction of sp³-hybridized carbons (Fsp3) is 0.385. The number of rotatable bonds is 4. The number of alkyl halides is 1. The highest BCUT2D eigenvalue weighted by atomic mass is 79.9. The van der Waals surface area contributed by atoms with Crippen LogP contribution in [0.3, 0.4) is 0 Å². The summed E-state index contributed by atoms with van der Waals surface area (Å²) in [5, 5.41) is 9.92. The molecule has 1 aromatic carbocycles. The quantitative estimate of drug-likeness (QED) is 0.674. The summed E-state index contributed by atoms with van der Waals surface area (Å²) in [5.41, 5.74) is 1.01. The smallest absolute Gasteiger partial charge is 0.164 e. The lowest BCUT2D eigenvalue weighted by Crippen LogP contribution is -2.09. The van der Waals surface area contributed by atoms with E-state index >= 15 is 0 Å². The van der Waals surface area contributed by atoms with Crippen LogP contribution in [-0.4, -0.2) is 14.8 Å². The molecule has 2 rings (SSSR count). The van der Waals surface area contributed by atoms with Gasteiger partial charge in [-0.25, -0.2) is 0 Å². The SMILES string of the molecule is CC(C)Cn1c(CBr)nnc1-c1ccc(Cl)c(Br)c1. The lowest BCUT2D eigenvalue weighted by Gasteiger charge is -2.12. The fourth-order valence-corrected chi connectivity index (χ4v) is 2.75. The lowest BCUT2D eigenvalue weighted by molar-refractivity contribution is 0.516. The molecule has 0 aliphatic carbocycles. The van der Waals surface area contributed by atoms with Gasteiger partial charge in [-0.15, -0.1) is 10.2 Å². The van der Waals surface area contributed by atoms with Gasteiger partial charge in [-0.2, -0.15) is 0 Å². The monoisotopic (exact) mass is 405 g/mol. The molecule has 3 nitrogen and oxygen atoms in total. The Kier molecular flexibility index (Phi) is 5.03. The average molecular weight is 408 g/mol. The van der Waals surface area contributed by atoms with E-state index in [1.54, 1.807) is 0 Å². The van der Waals surface area contributed by atoms with Crippen molar-refractivity contribution in [2.75, 3.05) is 0 Å². The first-order valence-corrected chi connectivity index (χ1v) is 8.25. The summed E-state index contributed by atoms with van der Waals surface area (Å²) in [6.45, 7) is 5.25. The highest BCUT2D eigenvalue weighted by Crippen LogP contribution is 2.29. The van der Waals surface area contributed by atoms with Crippen molar-refractivity contribution in [3.63, 3.8) is 0 Å². The van der Waals surface area contributed by atoms with Crippen LogP contribution in [0.4, 0.5) is 0 Å². The van der Waals surface area contributed by atoms with Crippen LogP contribution in [0.25, 0.3) is 11.4 Å². The zero-order valence-electron chi connectivity index (χ0n) is 10.7. The van der Waals surface area contributed by atoms with Crippen LogP contribution in [0.5, 0.6) is 0 Å². The molecule has 0 fully saturated rings. The summed E-state index contributed by atoms with van der Waals surface area (Å²) in [7, 11) is 0. The van der Waals surface area contributed by atoms with Crippen molar-refractivity contribution >= 4 is 43.5 Å². The molecule has 0 amide bonds. The van der Waals surface area contributed by atoms with Crippen molar-refractivity contribution in [1.82, 2.24) is 14.8 Å². The van der Waals surface area contributed by atoms with Gasteiger partial charge in [-0.3, -0.25) is 0 Å². The van der Waals surface area contributed by atoms with E-state index in [1.807, 2.05) is 18.2 Å². The molecule has 0 radical (unpaired) electrons. The molecule has 0 aliphatic rings. The van der Waals surface area contributed by atoms with Gasteiger partial charge >= 0.3 is 0 Å². The molecule has 0 atom stereocenters. The number of benzene rings is 1. The topological polar surface area (TPSA) is 30.7 Å². The molecule has 0 saturated carbocycles. The Bertz CT molecular complexity index is 581. The zero-order chi connectivity index (χ0) is 14.0. The number of nitrogens with zero attached hydrogens (tertiary/aromatic N) is 3. The van der Waals surface area contributed by atoms with E-state index in [4.69, 9.17) is 11.6 Å². The third-order valence-corrected chi connectivity index (χ3v) is 4.39. The van der Waals surface area contributed by atoms with Gasteiger partial charge < -0.3 is 4.57 Å². The minimum Gasteiger partial charge on any atom is -0.310 e. The predicted octanol–water partition coefficient (Wildman–Crippen LogP) is 4.91. The van der Waals surface area contributed by atoms with Crippen LogP contribution in [0.2, 0.25) is 5.02 Å². The van der Waals surface area contributed by atoms with Crippen molar-refractivity contribution in [2.24, 2.45) is 5.92 Å². The Morgan fingerprint density at radius 3 is 2.63 bits per heavy atom. The van der Waals surface area contributed by atoms with Gasteiger partial charge in [0.25, 0.3) is 0 Å². The van der Waals surface area contributed by atoms with Crippen LogP contribution in [0, 0.1) is 5.92 Å². The molecular formula is C13H14Br2ClN3. The van der Waals surface area contributed by atoms with Crippen LogP contribution < -0.4 is 0 Å². The van der Waals surface area contributed by atoms with E-state index in [-0.39, 0.29) is 0 Å². The van der Waals surface area contributed by atoms with Crippen molar-refractivity contribution < 1.29 is 0 Å². The van der Waals surface area contributed by atoms with Crippen LogP contribution in [0.15, 0.2) is 22.7 Å². The Hall–Kier alpha value is -0.390. The molecule has 0 N–H and O–H groups in total. The van der Waals surface area contributed by atoms with Crippen molar-refractivity contribution in [3.05, 3.63) is 33.5 Å². The molecule has 0 saturated heterocycles. The maximum atomic E-state index is 6.03. The number of halogens is 3. The van der Waals surface area contributed by atoms with Gasteiger partial charge in [-0.1, -0.05) is 41.4 Å². The largest absolute Gasteiger partial charge is 0.310 e. The highest BCUT2D eigenvalue weighted by molar-refractivity contribution is 9.10. The number of aromatic nitrogens is 3. The van der Waals surface area contributed by atoms with Gasteiger partial charge in [0.2, 0.25) is 0 Å². The van der Waals surface area contributed by atoms with Gasteiger partial charge in [-0.05, 0) is 40.0 Å². The third kappa shape index (κ3) is 3.38. The van der Waals surface area contributed by atoms with Gasteiger partial charge in [0, 0.05) is 16.6 Å². The first-order valence-electron chi connectivity index (χ1n) is 5.96. The lowest BCUT2D eigenvalue weighted by atomic mass is 10.2. The van der Waals surface area contributed by atoms with E-state index in [9.17, 15) is 0 Å². The average Bonchev–Trinajstić information content (AvgIpc) is 2.75. The second-order valence-electron chi connectivity index (χ2n) is 4.71. The molecule has 0 spiro atoms. The van der Waals surface area contributed by atoms with Crippen LogP contribution >= 0.6 is 43.5 Å². The number of hydrogen-bond acceptors (Lipinski definition) is 2. The summed E-state index contributed by atoms with van der Waals surface area (Å²) in [4.78, 5) is 0. The molecule has 19 heavy (non-hydrogen) atoms. The zero-order valence-corrected chi connectivity index (χ0v) is 14.6. The Balaban J connectivity index is 2.48. The summed E-state index contributed by atoms with van der Waals surface area (Å²) in [5.74, 6) is 2.35. The highest BCUT2D eigenvalue weighted by Gasteiger charge is 2.14. The van der Waals surface area contributed by atoms with Gasteiger partial charge in [0.15, 0.2) is 5.82 Å². The van der Waals surface area contributed by atoms with E-state index in [2.05, 4.69) is 60.5 Å². The minimum atomic E-state index is 0.531. The first kappa shape index (κ1) is 15.0. The maximum absolute atomic E-state index is 6.03. The van der Waals surface area contributed by atoms with Gasteiger partial charge in [0.05, 0.1) is 10.4 Å². The van der Waals surface area contributed by atoms with Gasteiger partial charge in [0.1, 0.15) is 5.82 Å².